The minimum atomic E-state index is 0.0311. The molecular formula is C10H7ClN2OS. The van der Waals surface area contributed by atoms with Gasteiger partial charge in [-0.3, -0.25) is 9.78 Å². The number of halogens is 1. The van der Waals surface area contributed by atoms with Crippen LogP contribution in [0.3, 0.4) is 0 Å². The molecule has 0 unspecified atom stereocenters. The second-order valence-corrected chi connectivity index (χ2v) is 4.29. The fraction of sp³-hybridized carbons (Fsp3) is 0.100. The molecule has 15 heavy (non-hydrogen) atoms. The standard InChI is InChI=1S/C10H7ClN2OS/c11-10-3-7(1-2-13-10)9(14)4-8-5-12-6-15-8/h1-3,5-6H,4H2. The van der Waals surface area contributed by atoms with Gasteiger partial charge in [-0.15, -0.1) is 11.3 Å². The lowest BCUT2D eigenvalue weighted by Gasteiger charge is -1.98. The van der Waals surface area contributed by atoms with Gasteiger partial charge in [0.2, 0.25) is 0 Å². The number of aromatic nitrogens is 2. The third-order valence-electron chi connectivity index (χ3n) is 1.87. The second kappa shape index (κ2) is 4.51. The molecule has 2 aromatic rings. The Kier molecular flexibility index (Phi) is 3.08. The van der Waals surface area contributed by atoms with Crippen LogP contribution in [0.25, 0.3) is 0 Å². The number of hydrogen-bond acceptors (Lipinski definition) is 4. The third kappa shape index (κ3) is 2.61. The molecule has 0 spiro atoms. The molecule has 2 heterocycles. The maximum atomic E-state index is 11.8. The molecule has 0 bridgehead atoms. The Morgan fingerprint density at radius 3 is 3.07 bits per heavy atom. The first-order valence-electron chi connectivity index (χ1n) is 4.28. The van der Waals surface area contributed by atoms with Gasteiger partial charge in [-0.1, -0.05) is 11.6 Å². The number of pyridine rings is 1. The molecule has 0 amide bonds. The van der Waals surface area contributed by atoms with Crippen LogP contribution in [-0.2, 0) is 6.42 Å². The van der Waals surface area contributed by atoms with Gasteiger partial charge in [0, 0.05) is 29.3 Å². The van der Waals surface area contributed by atoms with Crippen LogP contribution in [-0.4, -0.2) is 15.8 Å². The number of Topliss-reactive ketones (excluding diaryl/α,β-unsaturated/α-hetero) is 1. The molecule has 5 heteroatoms. The van der Waals surface area contributed by atoms with E-state index in [4.69, 9.17) is 11.6 Å². The number of ketones is 1. The van der Waals surface area contributed by atoms with E-state index in [0.717, 1.165) is 4.88 Å². The highest BCUT2D eigenvalue weighted by atomic mass is 35.5. The minimum Gasteiger partial charge on any atom is -0.294 e. The summed E-state index contributed by atoms with van der Waals surface area (Å²) in [6.45, 7) is 0. The number of carbonyl (C=O) groups is 1. The molecule has 0 radical (unpaired) electrons. The van der Waals surface area contributed by atoms with Gasteiger partial charge in [0.1, 0.15) is 5.15 Å². The average Bonchev–Trinajstić information content (AvgIpc) is 2.70. The molecule has 76 valence electrons. The summed E-state index contributed by atoms with van der Waals surface area (Å²) in [5.74, 6) is 0.0311. The summed E-state index contributed by atoms with van der Waals surface area (Å²) in [6.07, 6.45) is 3.60. The first-order valence-corrected chi connectivity index (χ1v) is 5.53. The first-order chi connectivity index (χ1) is 7.25. The summed E-state index contributed by atoms with van der Waals surface area (Å²) >= 11 is 7.17. The number of rotatable bonds is 3. The Labute approximate surface area is 95.8 Å². The van der Waals surface area contributed by atoms with Crippen molar-refractivity contribution in [1.82, 2.24) is 9.97 Å². The van der Waals surface area contributed by atoms with E-state index in [1.54, 1.807) is 23.8 Å². The second-order valence-electron chi connectivity index (χ2n) is 2.93. The Hall–Kier alpha value is -1.26. The largest absolute Gasteiger partial charge is 0.294 e. The molecule has 0 atom stereocenters. The summed E-state index contributed by atoms with van der Waals surface area (Å²) in [5, 5.41) is 0.338. The fourth-order valence-corrected chi connectivity index (χ4v) is 1.93. The number of carbonyl (C=O) groups excluding carboxylic acids is 1. The van der Waals surface area contributed by atoms with Crippen molar-refractivity contribution in [3.05, 3.63) is 45.6 Å². The van der Waals surface area contributed by atoms with Crippen molar-refractivity contribution in [2.75, 3.05) is 0 Å². The predicted octanol–water partition coefficient (Wildman–Crippen LogP) is 2.62. The van der Waals surface area contributed by atoms with Crippen LogP contribution in [0.1, 0.15) is 15.2 Å². The predicted molar refractivity (Wildman–Crippen MR) is 59.4 cm³/mol. The van der Waals surface area contributed by atoms with Gasteiger partial charge in [-0.25, -0.2) is 4.98 Å². The molecular weight excluding hydrogens is 232 g/mol. The van der Waals surface area contributed by atoms with Gasteiger partial charge >= 0.3 is 0 Å². The summed E-state index contributed by atoms with van der Waals surface area (Å²) in [4.78, 5) is 20.4. The molecule has 0 aliphatic rings. The topological polar surface area (TPSA) is 42.9 Å². The van der Waals surface area contributed by atoms with Crippen LogP contribution in [0, 0.1) is 0 Å². The molecule has 0 aliphatic heterocycles. The third-order valence-corrected chi connectivity index (χ3v) is 2.85. The molecule has 0 aliphatic carbocycles. The zero-order chi connectivity index (χ0) is 10.7. The molecule has 0 fully saturated rings. The van der Waals surface area contributed by atoms with Gasteiger partial charge in [0.05, 0.1) is 5.51 Å². The number of hydrogen-bond donors (Lipinski definition) is 0. The van der Waals surface area contributed by atoms with E-state index in [2.05, 4.69) is 9.97 Å². The van der Waals surface area contributed by atoms with Crippen LogP contribution in [0.4, 0.5) is 0 Å². The van der Waals surface area contributed by atoms with E-state index in [1.165, 1.54) is 17.5 Å². The molecule has 3 nitrogen and oxygen atoms in total. The highest BCUT2D eigenvalue weighted by Crippen LogP contribution is 2.13. The van der Waals surface area contributed by atoms with Crippen molar-refractivity contribution >= 4 is 28.7 Å². The molecule has 0 saturated heterocycles. The number of thiazole rings is 1. The highest BCUT2D eigenvalue weighted by Gasteiger charge is 2.08. The maximum absolute atomic E-state index is 11.8. The lowest BCUT2D eigenvalue weighted by Crippen LogP contribution is -2.02. The van der Waals surface area contributed by atoms with E-state index in [9.17, 15) is 4.79 Å². The van der Waals surface area contributed by atoms with Gasteiger partial charge < -0.3 is 0 Å². The molecule has 0 aromatic carbocycles. The van der Waals surface area contributed by atoms with E-state index < -0.39 is 0 Å². The highest BCUT2D eigenvalue weighted by molar-refractivity contribution is 7.09. The summed E-state index contributed by atoms with van der Waals surface area (Å²) in [7, 11) is 0. The quantitative estimate of drug-likeness (QED) is 0.610. The average molecular weight is 239 g/mol. The Morgan fingerprint density at radius 1 is 1.53 bits per heavy atom. The Morgan fingerprint density at radius 2 is 2.40 bits per heavy atom. The molecule has 0 N–H and O–H groups in total. The summed E-state index contributed by atoms with van der Waals surface area (Å²) in [5.41, 5.74) is 2.30. The zero-order valence-corrected chi connectivity index (χ0v) is 9.26. The zero-order valence-electron chi connectivity index (χ0n) is 7.68. The lowest BCUT2D eigenvalue weighted by atomic mass is 10.1. The smallest absolute Gasteiger partial charge is 0.168 e. The van der Waals surface area contributed by atoms with Crippen LogP contribution >= 0.6 is 22.9 Å². The van der Waals surface area contributed by atoms with Crippen molar-refractivity contribution in [1.29, 1.82) is 0 Å². The molecule has 0 saturated carbocycles. The molecule has 2 rings (SSSR count). The van der Waals surface area contributed by atoms with Crippen LogP contribution < -0.4 is 0 Å². The molecule has 2 aromatic heterocycles. The Balaban J connectivity index is 2.15. The van der Waals surface area contributed by atoms with Crippen molar-refractivity contribution in [3.8, 4) is 0 Å². The lowest BCUT2D eigenvalue weighted by molar-refractivity contribution is 0.0993. The van der Waals surface area contributed by atoms with Gasteiger partial charge in [-0.2, -0.15) is 0 Å². The monoisotopic (exact) mass is 238 g/mol. The SMILES string of the molecule is O=C(Cc1cncs1)c1ccnc(Cl)c1. The van der Waals surface area contributed by atoms with Crippen molar-refractivity contribution < 1.29 is 4.79 Å². The van der Waals surface area contributed by atoms with Crippen LogP contribution in [0.2, 0.25) is 5.15 Å². The number of nitrogens with zero attached hydrogens (tertiary/aromatic N) is 2. The van der Waals surface area contributed by atoms with Gasteiger partial charge in [0.25, 0.3) is 0 Å². The van der Waals surface area contributed by atoms with Crippen LogP contribution in [0.15, 0.2) is 30.0 Å². The summed E-state index contributed by atoms with van der Waals surface area (Å²) in [6, 6.07) is 3.24. The Bertz CT molecular complexity index is 470. The normalized spacial score (nSPS) is 10.2. The van der Waals surface area contributed by atoms with Crippen molar-refractivity contribution in [3.63, 3.8) is 0 Å². The van der Waals surface area contributed by atoms with E-state index >= 15 is 0 Å². The summed E-state index contributed by atoms with van der Waals surface area (Å²) < 4.78 is 0. The van der Waals surface area contributed by atoms with Crippen molar-refractivity contribution in [2.45, 2.75) is 6.42 Å². The van der Waals surface area contributed by atoms with Crippen LogP contribution in [0.5, 0.6) is 0 Å². The van der Waals surface area contributed by atoms with Gasteiger partial charge in [0.15, 0.2) is 5.78 Å². The maximum Gasteiger partial charge on any atom is 0.168 e. The van der Waals surface area contributed by atoms with Crippen molar-refractivity contribution in [2.24, 2.45) is 0 Å². The van der Waals surface area contributed by atoms with Gasteiger partial charge in [-0.05, 0) is 12.1 Å². The fourth-order valence-electron chi connectivity index (χ4n) is 1.17. The van der Waals surface area contributed by atoms with E-state index in [1.807, 2.05) is 0 Å². The van der Waals surface area contributed by atoms with E-state index in [-0.39, 0.29) is 5.78 Å². The first kappa shape index (κ1) is 10.3. The minimum absolute atomic E-state index is 0.0311. The van der Waals surface area contributed by atoms with E-state index in [0.29, 0.717) is 17.1 Å².